The number of hydrogen-bond acceptors (Lipinski definition) is 0. The van der Waals surface area contributed by atoms with Crippen molar-refractivity contribution < 1.29 is 12.9 Å². The Morgan fingerprint density at radius 2 is 1.36 bits per heavy atom. The molecule has 0 radical (unpaired) electrons. The first-order valence-electron chi connectivity index (χ1n) is 2.85. The van der Waals surface area contributed by atoms with Gasteiger partial charge in [0.2, 0.25) is 0 Å². The van der Waals surface area contributed by atoms with E-state index in [-0.39, 0.29) is 51.4 Å². The molecule has 0 N–H and O–H groups in total. The predicted molar refractivity (Wildman–Crippen MR) is 42.3 cm³/mol. The molecule has 1 aromatic carbocycles. The van der Waals surface area contributed by atoms with E-state index in [1.807, 2.05) is 0 Å². The molecule has 1 rings (SSSR count). The molecule has 1 aromatic rings. The molecule has 0 heterocycles. The van der Waals surface area contributed by atoms with E-state index in [1.165, 1.54) is 12.1 Å². The minimum absolute atomic E-state index is 0. The van der Waals surface area contributed by atoms with Gasteiger partial charge >= 0.3 is 58.4 Å². The average molecular weight is 185 g/mol. The summed E-state index contributed by atoms with van der Waals surface area (Å²) in [5, 5.41) is 0. The van der Waals surface area contributed by atoms with Crippen LogP contribution >= 0.6 is 0 Å². The molecule has 0 fully saturated rings. The zero-order chi connectivity index (χ0) is 7.61. The third kappa shape index (κ3) is 3.76. The van der Waals surface area contributed by atoms with E-state index in [2.05, 4.69) is 0 Å². The average Bonchev–Trinajstić information content (AvgIpc) is 1.88. The SMILES string of the molecule is F[B-](F)(F)c1ccccc1.[KH]. The van der Waals surface area contributed by atoms with Gasteiger partial charge in [-0.15, -0.1) is 5.46 Å². The number of hydrogen-bond donors (Lipinski definition) is 0. The van der Waals surface area contributed by atoms with Gasteiger partial charge in [0, 0.05) is 0 Å². The number of benzene rings is 1. The van der Waals surface area contributed by atoms with E-state index >= 15 is 0 Å². The molecule has 0 bridgehead atoms. The molecule has 0 unspecified atom stereocenters. The molecule has 0 nitrogen and oxygen atoms in total. The van der Waals surface area contributed by atoms with Crippen molar-refractivity contribution in [2.75, 3.05) is 0 Å². The zero-order valence-corrected chi connectivity index (χ0v) is 5.10. The molecule has 0 atom stereocenters. The fourth-order valence-electron chi connectivity index (χ4n) is 0.671. The normalized spacial score (nSPS) is 10.5. The van der Waals surface area contributed by atoms with E-state index < -0.39 is 12.4 Å². The van der Waals surface area contributed by atoms with E-state index in [0.717, 1.165) is 12.1 Å². The molecule has 0 aliphatic rings. The maximum atomic E-state index is 11.9. The van der Waals surface area contributed by atoms with Crippen LogP contribution in [0, 0.1) is 0 Å². The summed E-state index contributed by atoms with van der Waals surface area (Å²) < 4.78 is 35.6. The van der Waals surface area contributed by atoms with Crippen LogP contribution in [0.3, 0.4) is 0 Å². The molecule has 0 aliphatic carbocycles. The van der Waals surface area contributed by atoms with Crippen LogP contribution in [0.1, 0.15) is 0 Å². The van der Waals surface area contributed by atoms with E-state index in [0.29, 0.717) is 0 Å². The van der Waals surface area contributed by atoms with Crippen LogP contribution in [-0.2, 0) is 0 Å². The van der Waals surface area contributed by atoms with Gasteiger partial charge in [0.15, 0.2) is 0 Å². The van der Waals surface area contributed by atoms with E-state index in [1.54, 1.807) is 6.07 Å². The fraction of sp³-hybridized carbons (Fsp3) is 0. The summed E-state index contributed by atoms with van der Waals surface area (Å²) in [5.41, 5.74) is -0.539. The Labute approximate surface area is 106 Å². The third-order valence-corrected chi connectivity index (χ3v) is 1.18. The molecule has 0 amide bonds. The van der Waals surface area contributed by atoms with Crippen LogP contribution in [0.15, 0.2) is 30.3 Å². The molecule has 56 valence electrons. The van der Waals surface area contributed by atoms with Gasteiger partial charge in [-0.25, -0.2) is 0 Å². The summed E-state index contributed by atoms with van der Waals surface area (Å²) in [5.74, 6) is 0. The Hall–Kier alpha value is 0.711. The van der Waals surface area contributed by atoms with Crippen molar-refractivity contribution in [2.45, 2.75) is 0 Å². The quantitative estimate of drug-likeness (QED) is 0.574. The van der Waals surface area contributed by atoms with Gasteiger partial charge in [-0.2, -0.15) is 0 Å². The van der Waals surface area contributed by atoms with Crippen LogP contribution in [0.4, 0.5) is 12.9 Å². The summed E-state index contributed by atoms with van der Waals surface area (Å²) in [6.45, 7) is -4.80. The second kappa shape index (κ2) is 4.67. The standard InChI is InChI=1S/C6H5BF3.K.H/c8-7(9,10)6-4-2-1-3-5-6;;/h1-5H;;/q-1;;. The van der Waals surface area contributed by atoms with Gasteiger partial charge in [0.1, 0.15) is 0 Å². The van der Waals surface area contributed by atoms with Gasteiger partial charge in [0.25, 0.3) is 0 Å². The number of halogens is 3. The van der Waals surface area contributed by atoms with Crippen molar-refractivity contribution in [3.05, 3.63) is 30.3 Å². The first-order valence-corrected chi connectivity index (χ1v) is 2.85. The Morgan fingerprint density at radius 1 is 0.909 bits per heavy atom. The second-order valence-corrected chi connectivity index (χ2v) is 1.99. The number of rotatable bonds is 1. The summed E-state index contributed by atoms with van der Waals surface area (Å²) in [7, 11) is 0. The summed E-state index contributed by atoms with van der Waals surface area (Å²) in [4.78, 5) is 0. The second-order valence-electron chi connectivity index (χ2n) is 1.99. The first kappa shape index (κ1) is 11.7. The molecular formula is C6H6BF3K-. The van der Waals surface area contributed by atoms with Crippen molar-refractivity contribution in [3.63, 3.8) is 0 Å². The van der Waals surface area contributed by atoms with Crippen LogP contribution in [-0.4, -0.2) is 58.4 Å². The Balaban J connectivity index is 0.000001000. The zero-order valence-electron chi connectivity index (χ0n) is 5.10. The first-order chi connectivity index (χ1) is 4.61. The van der Waals surface area contributed by atoms with Crippen LogP contribution < -0.4 is 5.46 Å². The molecule has 0 saturated heterocycles. The van der Waals surface area contributed by atoms with Crippen molar-refractivity contribution in [1.82, 2.24) is 0 Å². The van der Waals surface area contributed by atoms with Gasteiger partial charge in [0.05, 0.1) is 0 Å². The van der Waals surface area contributed by atoms with Crippen molar-refractivity contribution in [2.24, 2.45) is 0 Å². The van der Waals surface area contributed by atoms with E-state index in [4.69, 9.17) is 0 Å². The fourth-order valence-corrected chi connectivity index (χ4v) is 0.671. The molecule has 5 heteroatoms. The maximum absolute atomic E-state index is 11.9. The third-order valence-electron chi connectivity index (χ3n) is 1.18. The Kier molecular flexibility index (Phi) is 4.97. The Bertz CT molecular complexity index is 209. The van der Waals surface area contributed by atoms with Crippen molar-refractivity contribution in [3.8, 4) is 0 Å². The van der Waals surface area contributed by atoms with Gasteiger partial charge in [-0.1, -0.05) is 30.3 Å². The van der Waals surface area contributed by atoms with Crippen molar-refractivity contribution in [1.29, 1.82) is 0 Å². The van der Waals surface area contributed by atoms with Crippen LogP contribution in [0.2, 0.25) is 0 Å². The van der Waals surface area contributed by atoms with Crippen molar-refractivity contribution >= 4 is 63.8 Å². The molecule has 0 aliphatic heterocycles. The van der Waals surface area contributed by atoms with E-state index in [9.17, 15) is 12.9 Å². The monoisotopic (exact) mass is 185 g/mol. The summed E-state index contributed by atoms with van der Waals surface area (Å²) >= 11 is 0. The molecule has 11 heavy (non-hydrogen) atoms. The molecular weight excluding hydrogens is 179 g/mol. The van der Waals surface area contributed by atoms with Gasteiger partial charge in [-0.3, -0.25) is 0 Å². The van der Waals surface area contributed by atoms with Gasteiger partial charge in [-0.05, 0) is 0 Å². The Morgan fingerprint density at radius 3 is 1.64 bits per heavy atom. The predicted octanol–water partition coefficient (Wildman–Crippen LogP) is 1.09. The molecule has 0 saturated carbocycles. The van der Waals surface area contributed by atoms with Gasteiger partial charge < -0.3 is 12.9 Å². The minimum atomic E-state index is -4.80. The van der Waals surface area contributed by atoms with Crippen LogP contribution in [0.5, 0.6) is 0 Å². The topological polar surface area (TPSA) is 0 Å². The molecule has 0 spiro atoms. The van der Waals surface area contributed by atoms with Crippen LogP contribution in [0.25, 0.3) is 0 Å². The molecule has 0 aromatic heterocycles. The summed E-state index contributed by atoms with van der Waals surface area (Å²) in [6, 6.07) is 6.46. The summed E-state index contributed by atoms with van der Waals surface area (Å²) in [6.07, 6.45) is 0.